The molecule has 1 fully saturated rings. The van der Waals surface area contributed by atoms with Crippen LogP contribution < -0.4 is 22.9 Å². The van der Waals surface area contributed by atoms with E-state index in [9.17, 15) is 9.18 Å². The summed E-state index contributed by atoms with van der Waals surface area (Å²) < 4.78 is 15.1. The van der Waals surface area contributed by atoms with Crippen LogP contribution in [0.2, 0.25) is 0 Å². The van der Waals surface area contributed by atoms with Crippen molar-refractivity contribution in [3.63, 3.8) is 0 Å². The predicted molar refractivity (Wildman–Crippen MR) is 127 cm³/mol. The molecule has 0 bridgehead atoms. The number of rotatable bonds is 5. The summed E-state index contributed by atoms with van der Waals surface area (Å²) in [6, 6.07) is 18.4. The Bertz CT molecular complexity index is 1290. The number of halogens is 2. The molecule has 2 aromatic heterocycles. The van der Waals surface area contributed by atoms with Crippen molar-refractivity contribution in [3.8, 4) is 0 Å². The van der Waals surface area contributed by atoms with Crippen LogP contribution in [-0.4, -0.2) is 27.9 Å². The zero-order valence-electron chi connectivity index (χ0n) is 19.0. The van der Waals surface area contributed by atoms with Crippen LogP contribution >= 0.6 is 0 Å². The number of likely N-dealkylation sites (tertiary alicyclic amines) is 1. The number of fused-ring (bicyclic) bond motifs is 1. The van der Waals surface area contributed by atoms with Gasteiger partial charge in [0.1, 0.15) is 12.4 Å². The molecule has 5 rings (SSSR count). The summed E-state index contributed by atoms with van der Waals surface area (Å²) in [6.07, 6.45) is 7.17. The highest BCUT2D eigenvalue weighted by Crippen LogP contribution is 2.22. The number of pyridine rings is 1. The van der Waals surface area contributed by atoms with Crippen LogP contribution in [-0.2, 0) is 13.0 Å². The van der Waals surface area contributed by atoms with E-state index in [-0.39, 0.29) is 29.8 Å². The largest absolute Gasteiger partial charge is 1.00 e. The number of aromatic nitrogens is 3. The molecule has 0 amide bonds. The van der Waals surface area contributed by atoms with Crippen molar-refractivity contribution >= 4 is 10.8 Å². The van der Waals surface area contributed by atoms with Gasteiger partial charge in [0.05, 0.1) is 30.2 Å². The van der Waals surface area contributed by atoms with Gasteiger partial charge in [-0.15, -0.1) is 0 Å². The maximum Gasteiger partial charge on any atom is 0.274 e. The average Bonchev–Trinajstić information content (AvgIpc) is 3.08. The van der Waals surface area contributed by atoms with Crippen LogP contribution in [0.3, 0.4) is 0 Å². The van der Waals surface area contributed by atoms with Crippen molar-refractivity contribution in [3.05, 3.63) is 106 Å². The first kappa shape index (κ1) is 24.0. The van der Waals surface area contributed by atoms with Crippen LogP contribution in [0.4, 0.5) is 4.39 Å². The number of hydrogen-bond donors (Lipinski definition) is 1. The quantitative estimate of drug-likeness (QED) is 0.450. The second-order valence-corrected chi connectivity index (χ2v) is 8.91. The number of benzene rings is 2. The fourth-order valence-corrected chi connectivity index (χ4v) is 4.89. The van der Waals surface area contributed by atoms with Gasteiger partial charge in [0, 0.05) is 36.2 Å². The van der Waals surface area contributed by atoms with Crippen molar-refractivity contribution < 1.29 is 21.7 Å². The van der Waals surface area contributed by atoms with Crippen molar-refractivity contribution in [2.75, 3.05) is 13.1 Å². The van der Waals surface area contributed by atoms with Gasteiger partial charge in [0.15, 0.2) is 0 Å². The molecule has 3 heterocycles. The first-order valence-corrected chi connectivity index (χ1v) is 11.6. The maximum atomic E-state index is 13.4. The van der Waals surface area contributed by atoms with Gasteiger partial charge in [-0.05, 0) is 48.7 Å². The molecule has 1 aliphatic rings. The Kier molecular flexibility index (Phi) is 7.70. The topological polar surface area (TPSA) is 52.2 Å². The SMILES string of the molecule is O=c1c2ccccc2c(Cc2ccc(F)cc2)nn1C1CCC[NH+](Cc2ccncc2)CC1.[Cl-]. The lowest BCUT2D eigenvalue weighted by atomic mass is 10.0. The summed E-state index contributed by atoms with van der Waals surface area (Å²) in [7, 11) is 0. The molecule has 1 aliphatic heterocycles. The van der Waals surface area contributed by atoms with E-state index in [1.54, 1.807) is 16.8 Å². The molecule has 34 heavy (non-hydrogen) atoms. The van der Waals surface area contributed by atoms with Crippen LogP contribution in [0.5, 0.6) is 0 Å². The summed E-state index contributed by atoms with van der Waals surface area (Å²) in [5.41, 5.74) is 3.12. The second kappa shape index (κ2) is 10.9. The van der Waals surface area contributed by atoms with E-state index in [0.717, 1.165) is 55.5 Å². The Morgan fingerprint density at radius 3 is 2.41 bits per heavy atom. The Balaban J connectivity index is 0.00000274. The van der Waals surface area contributed by atoms with E-state index in [2.05, 4.69) is 17.1 Å². The van der Waals surface area contributed by atoms with E-state index in [4.69, 9.17) is 5.10 Å². The third-order valence-corrected chi connectivity index (χ3v) is 6.64. The molecule has 0 radical (unpaired) electrons. The van der Waals surface area contributed by atoms with Crippen LogP contribution in [0.15, 0.2) is 77.9 Å². The highest BCUT2D eigenvalue weighted by molar-refractivity contribution is 5.83. The minimum Gasteiger partial charge on any atom is -1.00 e. The minimum atomic E-state index is -0.251. The van der Waals surface area contributed by atoms with E-state index in [0.29, 0.717) is 11.8 Å². The van der Waals surface area contributed by atoms with Crippen LogP contribution in [0.1, 0.15) is 42.1 Å². The molecule has 0 spiro atoms. The summed E-state index contributed by atoms with van der Waals surface area (Å²) >= 11 is 0. The Morgan fingerprint density at radius 1 is 0.912 bits per heavy atom. The number of quaternary nitrogens is 1. The van der Waals surface area contributed by atoms with Gasteiger partial charge in [-0.3, -0.25) is 9.78 Å². The van der Waals surface area contributed by atoms with E-state index in [1.807, 2.05) is 36.7 Å². The molecule has 176 valence electrons. The molecule has 0 saturated carbocycles. The van der Waals surface area contributed by atoms with Gasteiger partial charge in [-0.1, -0.05) is 30.3 Å². The molecular weight excluding hydrogens is 451 g/mol. The summed E-state index contributed by atoms with van der Waals surface area (Å²) in [4.78, 5) is 19.0. The lowest BCUT2D eigenvalue weighted by molar-refractivity contribution is -0.913. The molecule has 2 aromatic carbocycles. The van der Waals surface area contributed by atoms with E-state index >= 15 is 0 Å². The van der Waals surface area contributed by atoms with Gasteiger partial charge in [-0.2, -0.15) is 5.10 Å². The summed E-state index contributed by atoms with van der Waals surface area (Å²) in [6.45, 7) is 3.07. The third-order valence-electron chi connectivity index (χ3n) is 6.64. The zero-order valence-corrected chi connectivity index (χ0v) is 19.7. The zero-order chi connectivity index (χ0) is 22.6. The van der Waals surface area contributed by atoms with Crippen molar-refractivity contribution in [1.82, 2.24) is 14.8 Å². The van der Waals surface area contributed by atoms with Gasteiger partial charge in [0.2, 0.25) is 0 Å². The van der Waals surface area contributed by atoms with E-state index in [1.165, 1.54) is 22.6 Å². The van der Waals surface area contributed by atoms with Crippen LogP contribution in [0.25, 0.3) is 10.8 Å². The molecule has 2 atom stereocenters. The Hall–Kier alpha value is -3.09. The second-order valence-electron chi connectivity index (χ2n) is 8.91. The van der Waals surface area contributed by atoms with Crippen molar-refractivity contribution in [2.24, 2.45) is 0 Å². The molecule has 5 nitrogen and oxygen atoms in total. The standard InChI is InChI=1S/C27H27FN4O.ClH/c28-22-9-7-20(8-10-22)18-26-24-5-1-2-6-25(24)27(33)32(30-26)23-4-3-16-31(17-13-23)19-21-11-14-29-15-12-21;/h1-2,5-12,14-15,23H,3-4,13,16-19H2;1H. The van der Waals surface area contributed by atoms with Gasteiger partial charge in [0.25, 0.3) is 5.56 Å². The molecule has 4 aromatic rings. The Morgan fingerprint density at radius 2 is 1.65 bits per heavy atom. The highest BCUT2D eigenvalue weighted by Gasteiger charge is 2.24. The minimum absolute atomic E-state index is 0. The summed E-state index contributed by atoms with van der Waals surface area (Å²) in [5.74, 6) is -0.251. The van der Waals surface area contributed by atoms with Crippen LogP contribution in [0, 0.1) is 5.82 Å². The fraction of sp³-hybridized carbons (Fsp3) is 0.296. The number of nitrogens with one attached hydrogen (secondary N) is 1. The third kappa shape index (κ3) is 5.34. The van der Waals surface area contributed by atoms with Crippen molar-refractivity contribution in [1.29, 1.82) is 0 Å². The fourth-order valence-electron chi connectivity index (χ4n) is 4.89. The normalized spacial score (nSPS) is 18.3. The predicted octanol–water partition coefficient (Wildman–Crippen LogP) is 0.336. The smallest absolute Gasteiger partial charge is 0.274 e. The highest BCUT2D eigenvalue weighted by atomic mass is 35.5. The van der Waals surface area contributed by atoms with Gasteiger partial charge >= 0.3 is 0 Å². The molecule has 1 saturated heterocycles. The monoisotopic (exact) mass is 478 g/mol. The first-order chi connectivity index (χ1) is 16.2. The summed E-state index contributed by atoms with van der Waals surface area (Å²) in [5, 5.41) is 6.47. The molecule has 7 heteroatoms. The van der Waals surface area contributed by atoms with E-state index < -0.39 is 0 Å². The molecular formula is C27H28ClFN4O. The average molecular weight is 479 g/mol. The molecule has 2 unspecified atom stereocenters. The molecule has 0 aliphatic carbocycles. The lowest BCUT2D eigenvalue weighted by Crippen LogP contribution is -3.10. The Labute approximate surface area is 204 Å². The lowest BCUT2D eigenvalue weighted by Gasteiger charge is -2.19. The van der Waals surface area contributed by atoms with Crippen molar-refractivity contribution in [2.45, 2.75) is 38.3 Å². The van der Waals surface area contributed by atoms with Gasteiger partial charge < -0.3 is 17.3 Å². The maximum absolute atomic E-state index is 13.4. The number of nitrogens with zero attached hydrogens (tertiary/aromatic N) is 3. The number of hydrogen-bond acceptors (Lipinski definition) is 3. The van der Waals surface area contributed by atoms with Gasteiger partial charge in [-0.25, -0.2) is 9.07 Å². The first-order valence-electron chi connectivity index (χ1n) is 11.6. The molecule has 1 N–H and O–H groups in total.